The maximum absolute atomic E-state index is 14.3. The van der Waals surface area contributed by atoms with E-state index < -0.39 is 35.0 Å². The van der Waals surface area contributed by atoms with Crippen LogP contribution in [0.4, 0.5) is 17.6 Å². The largest absolute Gasteiger partial charge is 0.490 e. The number of allylic oxidation sites excluding steroid dienone is 1. The molecule has 234 valence electrons. The molecule has 0 bridgehead atoms. The van der Waals surface area contributed by atoms with Crippen molar-refractivity contribution in [2.45, 2.75) is 32.7 Å². The molecule has 1 aliphatic heterocycles. The van der Waals surface area contributed by atoms with E-state index >= 15 is 0 Å². The summed E-state index contributed by atoms with van der Waals surface area (Å²) in [4.78, 5) is 30.3. The number of aromatic nitrogens is 1. The molecular weight excluding hydrogens is 636 g/mol. The normalized spacial score (nSPS) is 15.0. The monoisotopic (exact) mass is 660 g/mol. The van der Waals surface area contributed by atoms with Crippen LogP contribution in [0.5, 0.6) is 11.5 Å². The lowest BCUT2D eigenvalue weighted by Crippen LogP contribution is -2.41. The van der Waals surface area contributed by atoms with Gasteiger partial charge in [0.25, 0.3) is 5.56 Å². The number of thiazole rings is 1. The quantitative estimate of drug-likeness (QED) is 0.160. The van der Waals surface area contributed by atoms with Crippen LogP contribution in [0.15, 0.2) is 87.8 Å². The molecule has 5 rings (SSSR count). The van der Waals surface area contributed by atoms with Crippen LogP contribution in [-0.4, -0.2) is 29.9 Å². The van der Waals surface area contributed by atoms with Crippen LogP contribution in [-0.2, 0) is 16.1 Å². The Labute approximate surface area is 263 Å². The molecule has 0 unspecified atom stereocenters. The minimum absolute atomic E-state index is 0.0711. The molecule has 0 fully saturated rings. The molecule has 1 atom stereocenters. The van der Waals surface area contributed by atoms with Gasteiger partial charge in [-0.05, 0) is 73.0 Å². The molecule has 1 aromatic heterocycles. The highest BCUT2D eigenvalue weighted by Crippen LogP contribution is 2.38. The summed E-state index contributed by atoms with van der Waals surface area (Å²) in [5.74, 6) is -0.837. The predicted octanol–water partition coefficient (Wildman–Crippen LogP) is 6.11. The number of ether oxygens (including phenoxy) is 3. The smallest absolute Gasteiger partial charge is 0.434 e. The third-order valence-corrected chi connectivity index (χ3v) is 7.89. The SMILES string of the molecule is CCOC(=O)C1=C(C(F)(F)F)N=c2s/c(=C\c3ccc(OCc4ccc(F)cc4)c(OCC)c3)c(=O)n2[C@@H]1c1ccc(Cl)cc1. The first-order valence-electron chi connectivity index (χ1n) is 13.7. The molecular formula is C32H25ClF4N2O5S. The van der Waals surface area contributed by atoms with Crippen molar-refractivity contribution in [3.8, 4) is 11.5 Å². The van der Waals surface area contributed by atoms with Gasteiger partial charge in [-0.2, -0.15) is 13.2 Å². The molecule has 3 aromatic carbocycles. The standard InChI is InChI=1S/C32H25ClF4N2O5S/c1-3-42-24-15-19(7-14-23(24)44-17-18-5-12-22(34)13-6-18)16-25-29(40)39-27(20-8-10-21(33)11-9-20)26(30(41)43-4-2)28(32(35,36)37)38-31(39)45-25/h5-16,27H,3-4,17H2,1-2H3/b25-16-/t27-/m1/s1. The highest BCUT2D eigenvalue weighted by atomic mass is 35.5. The van der Waals surface area contributed by atoms with E-state index in [2.05, 4.69) is 4.99 Å². The number of rotatable bonds is 9. The molecule has 0 spiro atoms. The number of hydrogen-bond acceptors (Lipinski definition) is 7. The Morgan fingerprint density at radius 3 is 2.36 bits per heavy atom. The van der Waals surface area contributed by atoms with E-state index in [1.54, 1.807) is 37.3 Å². The first-order chi connectivity index (χ1) is 21.5. The van der Waals surface area contributed by atoms with Gasteiger partial charge < -0.3 is 14.2 Å². The van der Waals surface area contributed by atoms with Crippen molar-refractivity contribution in [2.75, 3.05) is 13.2 Å². The molecule has 0 aliphatic carbocycles. The van der Waals surface area contributed by atoms with Crippen LogP contribution >= 0.6 is 22.9 Å². The van der Waals surface area contributed by atoms with Crippen molar-refractivity contribution >= 4 is 35.0 Å². The van der Waals surface area contributed by atoms with Gasteiger partial charge in [-0.3, -0.25) is 9.36 Å². The van der Waals surface area contributed by atoms with Gasteiger partial charge in [0.1, 0.15) is 12.4 Å². The molecule has 2 heterocycles. The average Bonchev–Trinajstić information content (AvgIpc) is 3.31. The summed E-state index contributed by atoms with van der Waals surface area (Å²) < 4.78 is 74.0. The second-order valence-electron chi connectivity index (χ2n) is 9.67. The van der Waals surface area contributed by atoms with E-state index in [9.17, 15) is 27.2 Å². The number of alkyl halides is 3. The van der Waals surface area contributed by atoms with Gasteiger partial charge in [-0.1, -0.05) is 53.3 Å². The van der Waals surface area contributed by atoms with E-state index in [0.717, 1.165) is 21.5 Å². The number of esters is 1. The van der Waals surface area contributed by atoms with E-state index in [4.69, 9.17) is 25.8 Å². The molecule has 13 heteroatoms. The molecule has 0 N–H and O–H groups in total. The van der Waals surface area contributed by atoms with Crippen molar-refractivity contribution in [1.29, 1.82) is 0 Å². The van der Waals surface area contributed by atoms with Crippen LogP contribution in [0.25, 0.3) is 6.08 Å². The molecule has 7 nitrogen and oxygen atoms in total. The van der Waals surface area contributed by atoms with Gasteiger partial charge in [0.05, 0.1) is 29.4 Å². The Morgan fingerprint density at radius 2 is 1.71 bits per heavy atom. The topological polar surface area (TPSA) is 79.1 Å². The van der Waals surface area contributed by atoms with Crippen LogP contribution in [0.1, 0.15) is 36.6 Å². The minimum atomic E-state index is -5.02. The Kier molecular flexibility index (Phi) is 9.45. The van der Waals surface area contributed by atoms with Crippen LogP contribution < -0.4 is 24.4 Å². The molecule has 0 radical (unpaired) electrons. The van der Waals surface area contributed by atoms with Gasteiger partial charge in [0.2, 0.25) is 0 Å². The van der Waals surface area contributed by atoms with Gasteiger partial charge in [-0.15, -0.1) is 0 Å². The third kappa shape index (κ3) is 6.97. The van der Waals surface area contributed by atoms with Crippen LogP contribution in [0.3, 0.4) is 0 Å². The molecule has 0 saturated carbocycles. The lowest BCUT2D eigenvalue weighted by molar-refractivity contribution is -0.140. The molecule has 0 saturated heterocycles. The Morgan fingerprint density at radius 1 is 1.00 bits per heavy atom. The van der Waals surface area contributed by atoms with E-state index in [-0.39, 0.29) is 33.9 Å². The van der Waals surface area contributed by atoms with Crippen molar-refractivity contribution in [2.24, 2.45) is 4.99 Å². The fourth-order valence-electron chi connectivity index (χ4n) is 4.70. The van der Waals surface area contributed by atoms with Crippen LogP contribution in [0.2, 0.25) is 5.02 Å². The summed E-state index contributed by atoms with van der Waals surface area (Å²) >= 11 is 6.77. The number of hydrogen-bond donors (Lipinski definition) is 0. The van der Waals surface area contributed by atoms with Gasteiger partial charge >= 0.3 is 12.1 Å². The van der Waals surface area contributed by atoms with Crippen molar-refractivity contribution in [3.63, 3.8) is 0 Å². The highest BCUT2D eigenvalue weighted by molar-refractivity contribution is 7.07. The summed E-state index contributed by atoms with van der Waals surface area (Å²) in [7, 11) is 0. The van der Waals surface area contributed by atoms with Crippen LogP contribution in [0, 0.1) is 5.82 Å². The lowest BCUT2D eigenvalue weighted by Gasteiger charge is -2.26. The van der Waals surface area contributed by atoms with Crippen molar-refractivity contribution in [1.82, 2.24) is 4.57 Å². The van der Waals surface area contributed by atoms with Crippen molar-refractivity contribution in [3.05, 3.63) is 125 Å². The van der Waals surface area contributed by atoms with Gasteiger partial charge in [-0.25, -0.2) is 14.2 Å². The predicted molar refractivity (Wildman–Crippen MR) is 161 cm³/mol. The van der Waals surface area contributed by atoms with E-state index in [1.165, 1.54) is 49.4 Å². The molecule has 45 heavy (non-hydrogen) atoms. The lowest BCUT2D eigenvalue weighted by atomic mass is 9.95. The average molecular weight is 661 g/mol. The number of carbonyl (C=O) groups is 1. The number of benzene rings is 3. The highest BCUT2D eigenvalue weighted by Gasteiger charge is 2.45. The Balaban J connectivity index is 1.61. The minimum Gasteiger partial charge on any atom is -0.490 e. The fraction of sp³-hybridized carbons (Fsp3) is 0.219. The summed E-state index contributed by atoms with van der Waals surface area (Å²) in [6, 6.07) is 15.1. The fourth-order valence-corrected chi connectivity index (χ4v) is 5.82. The summed E-state index contributed by atoms with van der Waals surface area (Å²) in [6.45, 7) is 3.51. The zero-order chi connectivity index (χ0) is 32.3. The molecule has 0 amide bonds. The van der Waals surface area contributed by atoms with Gasteiger partial charge in [0, 0.05) is 5.02 Å². The summed E-state index contributed by atoms with van der Waals surface area (Å²) in [5.41, 5.74) is -1.44. The maximum Gasteiger partial charge on any atom is 0.434 e. The molecule has 4 aromatic rings. The van der Waals surface area contributed by atoms with Gasteiger partial charge in [0.15, 0.2) is 22.0 Å². The summed E-state index contributed by atoms with van der Waals surface area (Å²) in [5, 5.41) is 0.319. The third-order valence-electron chi connectivity index (χ3n) is 6.65. The first-order valence-corrected chi connectivity index (χ1v) is 14.9. The number of carbonyl (C=O) groups excluding carboxylic acids is 1. The first kappa shape index (κ1) is 32.0. The summed E-state index contributed by atoms with van der Waals surface area (Å²) in [6.07, 6.45) is -3.52. The number of halogens is 5. The Bertz CT molecular complexity index is 1930. The van der Waals surface area contributed by atoms with E-state index in [1.807, 2.05) is 0 Å². The maximum atomic E-state index is 14.3. The second-order valence-corrected chi connectivity index (χ2v) is 11.1. The van der Waals surface area contributed by atoms with Crippen molar-refractivity contribution < 1.29 is 36.6 Å². The zero-order valence-electron chi connectivity index (χ0n) is 23.9. The van der Waals surface area contributed by atoms with E-state index in [0.29, 0.717) is 28.7 Å². The molecule has 1 aliphatic rings. The second kappa shape index (κ2) is 13.3. The Hall–Kier alpha value is -4.42. The zero-order valence-corrected chi connectivity index (χ0v) is 25.4. The number of nitrogens with zero attached hydrogens (tertiary/aromatic N) is 2. The number of fused-ring (bicyclic) bond motifs is 1.